The predicted octanol–water partition coefficient (Wildman–Crippen LogP) is 5.50. The Kier molecular flexibility index (Phi) is 6.86. The number of benzene rings is 1. The number of fused-ring (bicyclic) bond motifs is 3. The third-order valence-electron chi connectivity index (χ3n) is 8.45. The second kappa shape index (κ2) is 9.69. The fourth-order valence-corrected chi connectivity index (χ4v) is 7.38. The van der Waals surface area contributed by atoms with E-state index in [4.69, 9.17) is 16.3 Å². The van der Waals surface area contributed by atoms with E-state index in [-0.39, 0.29) is 12.1 Å². The average Bonchev–Trinajstić information content (AvgIpc) is 3.39. The Balaban J connectivity index is 1.30. The number of hydrogen-bond donors (Lipinski definition) is 0. The number of ether oxygens (including phenoxy) is 1. The maximum Gasteiger partial charge on any atom is 0.332 e. The van der Waals surface area contributed by atoms with E-state index >= 15 is 0 Å². The Morgan fingerprint density at radius 2 is 1.97 bits per heavy atom. The summed E-state index contributed by atoms with van der Waals surface area (Å²) in [5, 5.41) is 2.89. The summed E-state index contributed by atoms with van der Waals surface area (Å²) in [4.78, 5) is 17.3. The molecule has 1 aromatic heterocycles. The van der Waals surface area contributed by atoms with Gasteiger partial charge in [0, 0.05) is 35.1 Å². The molecule has 33 heavy (non-hydrogen) atoms. The molecule has 178 valence electrons. The first-order valence-corrected chi connectivity index (χ1v) is 13.8. The summed E-state index contributed by atoms with van der Waals surface area (Å²) in [6, 6.07) is 12.4. The van der Waals surface area contributed by atoms with Crippen LogP contribution in [0.5, 0.6) is 0 Å². The Morgan fingerprint density at radius 1 is 1.18 bits per heavy atom. The van der Waals surface area contributed by atoms with Crippen molar-refractivity contribution in [2.75, 3.05) is 39.3 Å². The lowest BCUT2D eigenvalue weighted by molar-refractivity contribution is -0.946. The van der Waals surface area contributed by atoms with Crippen LogP contribution >= 0.6 is 22.9 Å². The van der Waals surface area contributed by atoms with Crippen LogP contribution in [0.15, 0.2) is 41.8 Å². The summed E-state index contributed by atoms with van der Waals surface area (Å²) >= 11 is 7.88. The van der Waals surface area contributed by atoms with Crippen molar-refractivity contribution in [1.29, 1.82) is 0 Å². The molecule has 1 unspecified atom stereocenters. The average molecular weight is 488 g/mol. The number of piperidine rings is 4. The molecule has 2 bridgehead atoms. The highest BCUT2D eigenvalue weighted by atomic mass is 35.5. The topological polar surface area (TPSA) is 29.5 Å². The van der Waals surface area contributed by atoms with Gasteiger partial charge in [-0.15, -0.1) is 11.3 Å². The highest BCUT2D eigenvalue weighted by molar-refractivity contribution is 7.10. The molecule has 0 spiro atoms. The summed E-state index contributed by atoms with van der Waals surface area (Å²) < 4.78 is 7.52. The second-order valence-corrected chi connectivity index (χ2v) is 11.8. The van der Waals surface area contributed by atoms with Gasteiger partial charge in [-0.1, -0.05) is 36.2 Å². The first kappa shape index (κ1) is 23.3. The lowest BCUT2D eigenvalue weighted by Gasteiger charge is -2.52. The van der Waals surface area contributed by atoms with Crippen LogP contribution in [0.4, 0.5) is 0 Å². The van der Waals surface area contributed by atoms with Crippen LogP contribution in [0, 0.1) is 5.92 Å². The van der Waals surface area contributed by atoms with Crippen LogP contribution in [0.2, 0.25) is 5.02 Å². The molecule has 6 heteroatoms. The molecule has 6 rings (SSSR count). The van der Waals surface area contributed by atoms with E-state index in [9.17, 15) is 4.79 Å². The SMILES string of the molecule is CC(C(=O)O[C@@H]1C[N+]2(CCc3cccc(Cl)c3)CCC1CC2)(c1cccs1)N1CCCCC1. The van der Waals surface area contributed by atoms with Gasteiger partial charge in [-0.3, -0.25) is 4.90 Å². The van der Waals surface area contributed by atoms with E-state index in [0.717, 1.165) is 72.7 Å². The number of esters is 1. The molecule has 0 amide bonds. The van der Waals surface area contributed by atoms with Gasteiger partial charge in [0.1, 0.15) is 6.54 Å². The van der Waals surface area contributed by atoms with Gasteiger partial charge in [0.05, 0.1) is 19.6 Å². The van der Waals surface area contributed by atoms with Crippen molar-refractivity contribution in [3.05, 3.63) is 57.2 Å². The molecule has 2 atom stereocenters. The first-order chi connectivity index (χ1) is 16.0. The van der Waals surface area contributed by atoms with Gasteiger partial charge in [-0.25, -0.2) is 4.79 Å². The Labute approximate surface area is 207 Å². The number of rotatable bonds is 7. The molecule has 0 N–H and O–H groups in total. The Hall–Kier alpha value is -1.40. The largest absolute Gasteiger partial charge is 0.454 e. The lowest BCUT2D eigenvalue weighted by Crippen LogP contribution is -2.65. The van der Waals surface area contributed by atoms with Gasteiger partial charge in [0.2, 0.25) is 0 Å². The molecule has 4 aliphatic rings. The minimum atomic E-state index is -0.674. The Morgan fingerprint density at radius 3 is 2.67 bits per heavy atom. The second-order valence-electron chi connectivity index (χ2n) is 10.5. The molecule has 4 fully saturated rings. The third-order valence-corrected chi connectivity index (χ3v) is 9.77. The van der Waals surface area contributed by atoms with Crippen LogP contribution in [-0.4, -0.2) is 60.7 Å². The third kappa shape index (κ3) is 4.75. The number of nitrogens with zero attached hydrogens (tertiary/aromatic N) is 2. The minimum Gasteiger partial charge on any atom is -0.454 e. The molecule has 0 saturated carbocycles. The van der Waals surface area contributed by atoms with E-state index < -0.39 is 5.54 Å². The van der Waals surface area contributed by atoms with Gasteiger partial charge in [-0.2, -0.15) is 0 Å². The van der Waals surface area contributed by atoms with E-state index in [0.29, 0.717) is 5.92 Å². The molecule has 1 aromatic carbocycles. The van der Waals surface area contributed by atoms with Gasteiger partial charge in [0.25, 0.3) is 0 Å². The number of halogens is 1. The number of quaternary nitrogens is 1. The maximum absolute atomic E-state index is 13.8. The van der Waals surface area contributed by atoms with E-state index in [1.54, 1.807) is 11.3 Å². The van der Waals surface area contributed by atoms with Crippen molar-refractivity contribution in [3.63, 3.8) is 0 Å². The summed E-state index contributed by atoms with van der Waals surface area (Å²) in [6.07, 6.45) is 6.94. The number of hydrogen-bond acceptors (Lipinski definition) is 4. The number of carbonyl (C=O) groups excluding carboxylic acids is 1. The number of carbonyl (C=O) groups is 1. The molecular formula is C27H36ClN2O2S+. The standard InChI is InChI=1S/C27H36ClN2O2S/c1-27(25-9-6-18-33-25,29-13-3-2-4-14-29)26(31)32-24-20-30(16-11-22(24)12-17-30)15-10-21-7-5-8-23(28)19-21/h5-9,18-19,22,24H,2-4,10-17,20H2,1H3/q+1/t22?,24-,27?,30?/m1/s1. The number of likely N-dealkylation sites (tertiary alicyclic amines) is 1. The lowest BCUT2D eigenvalue weighted by atomic mass is 9.82. The van der Waals surface area contributed by atoms with Crippen molar-refractivity contribution in [2.45, 2.75) is 57.1 Å². The van der Waals surface area contributed by atoms with Crippen molar-refractivity contribution in [2.24, 2.45) is 5.92 Å². The van der Waals surface area contributed by atoms with Crippen molar-refractivity contribution < 1.29 is 14.0 Å². The van der Waals surface area contributed by atoms with Gasteiger partial charge < -0.3 is 9.22 Å². The minimum absolute atomic E-state index is 0.0310. The van der Waals surface area contributed by atoms with Crippen LogP contribution in [-0.2, 0) is 21.5 Å². The normalized spacial score (nSPS) is 29.5. The van der Waals surface area contributed by atoms with E-state index in [1.165, 1.54) is 25.1 Å². The quantitative estimate of drug-likeness (QED) is 0.381. The molecule has 5 heterocycles. The number of thiophene rings is 1. The van der Waals surface area contributed by atoms with Crippen LogP contribution in [0.25, 0.3) is 0 Å². The zero-order chi connectivity index (χ0) is 22.9. The zero-order valence-electron chi connectivity index (χ0n) is 19.7. The van der Waals surface area contributed by atoms with Crippen LogP contribution in [0.3, 0.4) is 0 Å². The summed E-state index contributed by atoms with van der Waals surface area (Å²) in [7, 11) is 0. The molecule has 4 nitrogen and oxygen atoms in total. The predicted molar refractivity (Wildman–Crippen MR) is 135 cm³/mol. The summed E-state index contributed by atoms with van der Waals surface area (Å²) in [5.74, 6) is 0.465. The van der Waals surface area contributed by atoms with Gasteiger partial charge in [0.15, 0.2) is 11.6 Å². The van der Waals surface area contributed by atoms with Crippen LogP contribution < -0.4 is 0 Å². The highest BCUT2D eigenvalue weighted by Gasteiger charge is 2.50. The molecule has 2 aromatic rings. The van der Waals surface area contributed by atoms with Crippen molar-refractivity contribution >= 4 is 28.9 Å². The summed E-state index contributed by atoms with van der Waals surface area (Å²) in [5.41, 5.74) is 0.623. The zero-order valence-corrected chi connectivity index (χ0v) is 21.3. The maximum atomic E-state index is 13.8. The first-order valence-electron chi connectivity index (χ1n) is 12.6. The molecule has 4 aliphatic heterocycles. The van der Waals surface area contributed by atoms with Gasteiger partial charge >= 0.3 is 5.97 Å². The van der Waals surface area contributed by atoms with Gasteiger partial charge in [-0.05, 0) is 62.0 Å². The van der Waals surface area contributed by atoms with E-state index in [1.807, 2.05) is 12.1 Å². The smallest absolute Gasteiger partial charge is 0.332 e. The molecular weight excluding hydrogens is 452 g/mol. The van der Waals surface area contributed by atoms with Crippen LogP contribution in [0.1, 0.15) is 49.5 Å². The summed E-state index contributed by atoms with van der Waals surface area (Å²) in [6.45, 7) is 8.49. The highest BCUT2D eigenvalue weighted by Crippen LogP contribution is 2.40. The molecule has 4 saturated heterocycles. The monoisotopic (exact) mass is 487 g/mol. The Bertz CT molecular complexity index is 951. The van der Waals surface area contributed by atoms with E-state index in [2.05, 4.69) is 41.5 Å². The fourth-order valence-electron chi connectivity index (χ4n) is 6.26. The molecule has 0 aliphatic carbocycles. The molecule has 0 radical (unpaired) electrons. The fraction of sp³-hybridized carbons (Fsp3) is 0.593. The van der Waals surface area contributed by atoms with Crippen molar-refractivity contribution in [1.82, 2.24) is 4.90 Å². The van der Waals surface area contributed by atoms with Crippen molar-refractivity contribution in [3.8, 4) is 0 Å².